The third kappa shape index (κ3) is 3.34. The lowest BCUT2D eigenvalue weighted by Gasteiger charge is -2.12. The van der Waals surface area contributed by atoms with Gasteiger partial charge in [-0.1, -0.05) is 67.9 Å². The van der Waals surface area contributed by atoms with Gasteiger partial charge in [-0.3, -0.25) is 4.79 Å². The van der Waals surface area contributed by atoms with E-state index in [0.717, 1.165) is 29.5 Å². The Labute approximate surface area is 120 Å². The highest BCUT2D eigenvalue weighted by Crippen LogP contribution is 2.21. The Morgan fingerprint density at radius 1 is 1.00 bits per heavy atom. The van der Waals surface area contributed by atoms with E-state index in [2.05, 4.69) is 19.1 Å². The Kier molecular flexibility index (Phi) is 5.08. The lowest BCUT2D eigenvalue weighted by Crippen LogP contribution is -2.23. The highest BCUT2D eigenvalue weighted by Gasteiger charge is 2.17. The van der Waals surface area contributed by atoms with E-state index in [-0.39, 0.29) is 11.7 Å². The van der Waals surface area contributed by atoms with Crippen molar-refractivity contribution in [1.29, 1.82) is 0 Å². The molecule has 1 atom stereocenters. The molecule has 0 fully saturated rings. The third-order valence-corrected chi connectivity index (χ3v) is 3.57. The topological polar surface area (TPSA) is 43.1 Å². The van der Waals surface area contributed by atoms with Crippen LogP contribution in [0.5, 0.6) is 0 Å². The van der Waals surface area contributed by atoms with Crippen LogP contribution < -0.4 is 5.73 Å². The minimum Gasteiger partial charge on any atom is -0.330 e. The van der Waals surface area contributed by atoms with Crippen LogP contribution in [0.15, 0.2) is 54.6 Å². The fourth-order valence-electron chi connectivity index (χ4n) is 2.40. The zero-order valence-corrected chi connectivity index (χ0v) is 11.9. The van der Waals surface area contributed by atoms with Crippen molar-refractivity contribution >= 4 is 5.78 Å². The van der Waals surface area contributed by atoms with E-state index >= 15 is 0 Å². The van der Waals surface area contributed by atoms with Crippen LogP contribution in [0.1, 0.15) is 30.1 Å². The van der Waals surface area contributed by atoms with E-state index < -0.39 is 0 Å². The van der Waals surface area contributed by atoms with E-state index in [9.17, 15) is 4.79 Å². The molecule has 0 aliphatic carbocycles. The molecule has 2 aromatic rings. The number of nitrogens with two attached hydrogens (primary N) is 1. The number of hydrogen-bond donors (Lipinski definition) is 1. The van der Waals surface area contributed by atoms with Crippen molar-refractivity contribution < 1.29 is 4.79 Å². The maximum atomic E-state index is 12.3. The largest absolute Gasteiger partial charge is 0.330 e. The third-order valence-electron chi connectivity index (χ3n) is 3.57. The molecule has 0 radical (unpaired) electrons. The average Bonchev–Trinajstić information content (AvgIpc) is 2.53. The summed E-state index contributed by atoms with van der Waals surface area (Å²) in [4.78, 5) is 12.3. The number of carbonyl (C=O) groups is 1. The summed E-state index contributed by atoms with van der Waals surface area (Å²) in [6.07, 6.45) is 1.84. The van der Waals surface area contributed by atoms with Crippen LogP contribution in [0.25, 0.3) is 11.1 Å². The predicted octanol–water partition coefficient (Wildman–Crippen LogP) is 3.91. The van der Waals surface area contributed by atoms with Gasteiger partial charge in [-0.2, -0.15) is 0 Å². The first-order chi connectivity index (χ1) is 9.76. The van der Waals surface area contributed by atoms with E-state index in [4.69, 9.17) is 5.73 Å². The first kappa shape index (κ1) is 14.5. The minimum absolute atomic E-state index is 0.0532. The monoisotopic (exact) mass is 267 g/mol. The van der Waals surface area contributed by atoms with Crippen LogP contribution in [0.2, 0.25) is 0 Å². The van der Waals surface area contributed by atoms with Gasteiger partial charge in [-0.25, -0.2) is 0 Å². The van der Waals surface area contributed by atoms with E-state index in [1.807, 2.05) is 42.5 Å². The van der Waals surface area contributed by atoms with Gasteiger partial charge in [-0.05, 0) is 17.5 Å². The minimum atomic E-state index is -0.0532. The first-order valence-electron chi connectivity index (χ1n) is 7.16. The number of ketones is 1. The molecule has 0 bridgehead atoms. The summed E-state index contributed by atoms with van der Waals surface area (Å²) < 4.78 is 0. The molecule has 2 aromatic carbocycles. The highest BCUT2D eigenvalue weighted by atomic mass is 16.1. The quantitative estimate of drug-likeness (QED) is 0.806. The van der Waals surface area contributed by atoms with Gasteiger partial charge >= 0.3 is 0 Å². The molecular formula is C18H21NO. The lowest BCUT2D eigenvalue weighted by atomic mass is 9.92. The molecule has 0 aliphatic heterocycles. The van der Waals surface area contributed by atoms with E-state index in [0.29, 0.717) is 6.54 Å². The van der Waals surface area contributed by atoms with Crippen molar-refractivity contribution in [2.75, 3.05) is 6.54 Å². The normalized spacial score (nSPS) is 12.1. The fraction of sp³-hybridized carbons (Fsp3) is 0.278. The number of rotatable bonds is 6. The summed E-state index contributed by atoms with van der Waals surface area (Å²) in [6, 6.07) is 18.0. The van der Waals surface area contributed by atoms with Crippen LogP contribution >= 0.6 is 0 Å². The molecule has 104 valence electrons. The maximum absolute atomic E-state index is 12.3. The molecule has 0 saturated carbocycles. The second-order valence-corrected chi connectivity index (χ2v) is 5.03. The molecule has 2 heteroatoms. The molecule has 0 aliphatic rings. The highest BCUT2D eigenvalue weighted by molar-refractivity contribution is 5.98. The molecular weight excluding hydrogens is 246 g/mol. The van der Waals surface area contributed by atoms with Gasteiger partial charge in [0.2, 0.25) is 0 Å². The Balaban J connectivity index is 2.18. The standard InChI is InChI=1S/C18H21NO/c1-2-6-17(13-19)18(20)16-11-9-15(10-12-16)14-7-4-3-5-8-14/h3-5,7-12,17H,2,6,13,19H2,1H3. The molecule has 0 amide bonds. The SMILES string of the molecule is CCCC(CN)C(=O)c1ccc(-c2ccccc2)cc1. The van der Waals surface area contributed by atoms with E-state index in [1.165, 1.54) is 0 Å². The molecule has 20 heavy (non-hydrogen) atoms. The van der Waals surface area contributed by atoms with Crippen molar-refractivity contribution in [1.82, 2.24) is 0 Å². The number of Topliss-reactive ketones (excluding diaryl/α,β-unsaturated/α-hetero) is 1. The Morgan fingerprint density at radius 2 is 1.60 bits per heavy atom. The molecule has 0 heterocycles. The Morgan fingerprint density at radius 3 is 2.15 bits per heavy atom. The van der Waals surface area contributed by atoms with Gasteiger partial charge in [0.1, 0.15) is 0 Å². The summed E-state index contributed by atoms with van der Waals surface area (Å²) in [7, 11) is 0. The average molecular weight is 267 g/mol. The van der Waals surface area contributed by atoms with Crippen LogP contribution in [0, 0.1) is 5.92 Å². The summed E-state index contributed by atoms with van der Waals surface area (Å²) in [6.45, 7) is 2.50. The van der Waals surface area contributed by atoms with Crippen molar-refractivity contribution in [3.8, 4) is 11.1 Å². The molecule has 1 unspecified atom stereocenters. The number of hydrogen-bond acceptors (Lipinski definition) is 2. The van der Waals surface area contributed by atoms with Gasteiger partial charge < -0.3 is 5.73 Å². The first-order valence-corrected chi connectivity index (χ1v) is 7.16. The lowest BCUT2D eigenvalue weighted by molar-refractivity contribution is 0.0917. The summed E-state index contributed by atoms with van der Waals surface area (Å²) in [5.41, 5.74) is 8.74. The van der Waals surface area contributed by atoms with Crippen molar-refractivity contribution in [2.24, 2.45) is 11.7 Å². The summed E-state index contributed by atoms with van der Waals surface area (Å²) in [5.74, 6) is 0.108. The zero-order valence-electron chi connectivity index (χ0n) is 11.9. The second-order valence-electron chi connectivity index (χ2n) is 5.03. The molecule has 0 saturated heterocycles. The molecule has 2 rings (SSSR count). The molecule has 2 nitrogen and oxygen atoms in total. The zero-order chi connectivity index (χ0) is 14.4. The van der Waals surface area contributed by atoms with Crippen molar-refractivity contribution in [3.63, 3.8) is 0 Å². The van der Waals surface area contributed by atoms with Gasteiger partial charge in [0.25, 0.3) is 0 Å². The second kappa shape index (κ2) is 7.01. The summed E-state index contributed by atoms with van der Waals surface area (Å²) in [5, 5.41) is 0. The Hall–Kier alpha value is -1.93. The molecule has 2 N–H and O–H groups in total. The van der Waals surface area contributed by atoms with Crippen LogP contribution in [0.4, 0.5) is 0 Å². The van der Waals surface area contributed by atoms with E-state index in [1.54, 1.807) is 0 Å². The van der Waals surface area contributed by atoms with Gasteiger partial charge in [0, 0.05) is 18.0 Å². The van der Waals surface area contributed by atoms with Gasteiger partial charge in [0.15, 0.2) is 5.78 Å². The van der Waals surface area contributed by atoms with Crippen LogP contribution in [-0.2, 0) is 0 Å². The smallest absolute Gasteiger partial charge is 0.167 e. The predicted molar refractivity (Wildman–Crippen MR) is 83.7 cm³/mol. The van der Waals surface area contributed by atoms with Crippen LogP contribution in [-0.4, -0.2) is 12.3 Å². The Bertz CT molecular complexity index is 545. The van der Waals surface area contributed by atoms with Crippen LogP contribution in [0.3, 0.4) is 0 Å². The molecule has 0 aromatic heterocycles. The maximum Gasteiger partial charge on any atom is 0.167 e. The van der Waals surface area contributed by atoms with Gasteiger partial charge in [0.05, 0.1) is 0 Å². The number of benzene rings is 2. The van der Waals surface area contributed by atoms with Crippen molar-refractivity contribution in [2.45, 2.75) is 19.8 Å². The van der Waals surface area contributed by atoms with Crippen molar-refractivity contribution in [3.05, 3.63) is 60.2 Å². The molecule has 0 spiro atoms. The summed E-state index contributed by atoms with van der Waals surface area (Å²) >= 11 is 0. The fourth-order valence-corrected chi connectivity index (χ4v) is 2.40. The number of carbonyl (C=O) groups excluding carboxylic acids is 1. The van der Waals surface area contributed by atoms with Gasteiger partial charge in [-0.15, -0.1) is 0 Å².